The van der Waals surface area contributed by atoms with E-state index in [0.717, 1.165) is 6.92 Å². The van der Waals surface area contributed by atoms with Gasteiger partial charge in [-0.3, -0.25) is 19.2 Å². The number of carboxylic acids is 2. The zero-order valence-corrected chi connectivity index (χ0v) is 16.0. The molecular formula is C16H28N4O8. The average molecular weight is 404 g/mol. The van der Waals surface area contributed by atoms with Crippen molar-refractivity contribution in [1.82, 2.24) is 16.0 Å². The maximum Gasteiger partial charge on any atom is 0.328 e. The van der Waals surface area contributed by atoms with E-state index in [2.05, 4.69) is 10.6 Å². The molecule has 12 nitrogen and oxygen atoms in total. The van der Waals surface area contributed by atoms with Crippen LogP contribution in [0, 0.1) is 5.92 Å². The van der Waals surface area contributed by atoms with Crippen molar-refractivity contribution < 1.29 is 39.3 Å². The number of rotatable bonds is 12. The summed E-state index contributed by atoms with van der Waals surface area (Å²) in [5.74, 6) is -5.30. The second-order valence-corrected chi connectivity index (χ2v) is 6.74. The van der Waals surface area contributed by atoms with Gasteiger partial charge < -0.3 is 37.0 Å². The molecule has 0 saturated heterocycles. The number of hydrogen-bond donors (Lipinski definition) is 7. The Morgan fingerprint density at radius 2 is 1.54 bits per heavy atom. The zero-order chi connectivity index (χ0) is 22.0. The van der Waals surface area contributed by atoms with Gasteiger partial charge >= 0.3 is 11.9 Å². The van der Waals surface area contributed by atoms with Crippen LogP contribution in [0.5, 0.6) is 0 Å². The lowest BCUT2D eigenvalue weighted by molar-refractivity contribution is -0.145. The molecule has 0 aliphatic carbocycles. The smallest absolute Gasteiger partial charge is 0.328 e. The number of carbonyl (C=O) groups is 5. The molecule has 4 unspecified atom stereocenters. The molecule has 0 fully saturated rings. The molecule has 28 heavy (non-hydrogen) atoms. The zero-order valence-electron chi connectivity index (χ0n) is 16.0. The Bertz CT molecular complexity index is 593. The summed E-state index contributed by atoms with van der Waals surface area (Å²) < 4.78 is 0. The molecule has 0 heterocycles. The first-order chi connectivity index (χ1) is 12.8. The molecule has 0 aromatic rings. The minimum atomic E-state index is -1.58. The first-order valence-electron chi connectivity index (χ1n) is 8.60. The Morgan fingerprint density at radius 1 is 0.964 bits per heavy atom. The van der Waals surface area contributed by atoms with Crippen LogP contribution in [0.4, 0.5) is 0 Å². The monoisotopic (exact) mass is 404 g/mol. The highest BCUT2D eigenvalue weighted by molar-refractivity contribution is 5.94. The van der Waals surface area contributed by atoms with E-state index in [1.807, 2.05) is 19.2 Å². The van der Waals surface area contributed by atoms with E-state index in [4.69, 9.17) is 15.9 Å². The van der Waals surface area contributed by atoms with Crippen molar-refractivity contribution in [2.75, 3.05) is 6.54 Å². The maximum absolute atomic E-state index is 12.1. The fraction of sp³-hybridized carbons (Fsp3) is 0.688. The summed E-state index contributed by atoms with van der Waals surface area (Å²) in [6.45, 7) is 4.16. The first-order valence-corrected chi connectivity index (χ1v) is 8.60. The molecule has 0 aliphatic heterocycles. The van der Waals surface area contributed by atoms with Gasteiger partial charge in [-0.25, -0.2) is 4.79 Å². The van der Waals surface area contributed by atoms with Crippen LogP contribution in [0.1, 0.15) is 33.6 Å². The van der Waals surface area contributed by atoms with Crippen molar-refractivity contribution in [3.05, 3.63) is 0 Å². The quantitative estimate of drug-likeness (QED) is 0.181. The van der Waals surface area contributed by atoms with Gasteiger partial charge in [-0.1, -0.05) is 13.8 Å². The van der Waals surface area contributed by atoms with Crippen LogP contribution in [-0.4, -0.2) is 75.8 Å². The van der Waals surface area contributed by atoms with Gasteiger partial charge in [0, 0.05) is 0 Å². The van der Waals surface area contributed by atoms with Gasteiger partial charge in [0.1, 0.15) is 6.04 Å². The lowest BCUT2D eigenvalue weighted by Gasteiger charge is -2.21. The van der Waals surface area contributed by atoms with Gasteiger partial charge in [0.2, 0.25) is 17.7 Å². The van der Waals surface area contributed by atoms with Gasteiger partial charge in [0.25, 0.3) is 0 Å². The van der Waals surface area contributed by atoms with Crippen LogP contribution in [0.25, 0.3) is 0 Å². The highest BCUT2D eigenvalue weighted by Gasteiger charge is 2.28. The highest BCUT2D eigenvalue weighted by Crippen LogP contribution is 2.04. The largest absolute Gasteiger partial charge is 0.481 e. The summed E-state index contributed by atoms with van der Waals surface area (Å²) in [5.41, 5.74) is 5.70. The second-order valence-electron chi connectivity index (χ2n) is 6.74. The van der Waals surface area contributed by atoms with Crippen LogP contribution >= 0.6 is 0 Å². The number of aliphatic hydroxyl groups excluding tert-OH is 1. The molecule has 8 N–H and O–H groups in total. The Labute approximate surface area is 161 Å². The minimum Gasteiger partial charge on any atom is -0.481 e. The third-order valence-corrected chi connectivity index (χ3v) is 3.56. The van der Waals surface area contributed by atoms with E-state index in [1.165, 1.54) is 0 Å². The van der Waals surface area contributed by atoms with Gasteiger partial charge in [0.05, 0.1) is 25.1 Å². The van der Waals surface area contributed by atoms with Crippen molar-refractivity contribution in [2.24, 2.45) is 11.7 Å². The maximum atomic E-state index is 12.1. The summed E-state index contributed by atoms with van der Waals surface area (Å²) in [5, 5.41) is 33.4. The van der Waals surface area contributed by atoms with Gasteiger partial charge in [-0.15, -0.1) is 0 Å². The molecule has 0 rings (SSSR count). The topological polar surface area (TPSA) is 208 Å². The van der Waals surface area contributed by atoms with Crippen LogP contribution in [0.15, 0.2) is 0 Å². The number of aliphatic carboxylic acids is 2. The molecule has 0 aromatic carbocycles. The van der Waals surface area contributed by atoms with E-state index < -0.39 is 66.9 Å². The molecule has 4 atom stereocenters. The van der Waals surface area contributed by atoms with Crippen LogP contribution in [-0.2, 0) is 24.0 Å². The van der Waals surface area contributed by atoms with E-state index in [-0.39, 0.29) is 5.92 Å². The SMILES string of the molecule is CC(C)CC(N)C(=O)NC(CC(=O)O)C(=O)NCC(=O)NC(C(=O)O)C(C)O. The summed E-state index contributed by atoms with van der Waals surface area (Å²) in [4.78, 5) is 57.8. The molecule has 0 radical (unpaired) electrons. The molecule has 0 aromatic heterocycles. The molecule has 3 amide bonds. The molecule has 0 bridgehead atoms. The Hall–Kier alpha value is -2.73. The third-order valence-electron chi connectivity index (χ3n) is 3.56. The molecule has 160 valence electrons. The highest BCUT2D eigenvalue weighted by atomic mass is 16.4. The summed E-state index contributed by atoms with van der Waals surface area (Å²) >= 11 is 0. The number of nitrogens with one attached hydrogen (secondary N) is 3. The summed E-state index contributed by atoms with van der Waals surface area (Å²) in [6.07, 6.45) is -1.79. The van der Waals surface area contributed by atoms with Crippen molar-refractivity contribution >= 4 is 29.7 Å². The molecule has 0 spiro atoms. The Kier molecular flexibility index (Phi) is 10.7. The van der Waals surface area contributed by atoms with Crippen molar-refractivity contribution in [2.45, 2.75) is 57.8 Å². The van der Waals surface area contributed by atoms with E-state index >= 15 is 0 Å². The van der Waals surface area contributed by atoms with Crippen molar-refractivity contribution in [3.8, 4) is 0 Å². The number of nitrogens with two attached hydrogens (primary N) is 1. The lowest BCUT2D eigenvalue weighted by atomic mass is 10.0. The number of aliphatic hydroxyl groups is 1. The predicted octanol–water partition coefficient (Wildman–Crippen LogP) is -2.61. The summed E-state index contributed by atoms with van der Waals surface area (Å²) in [6, 6.07) is -3.98. The van der Waals surface area contributed by atoms with Gasteiger partial charge in [-0.2, -0.15) is 0 Å². The summed E-state index contributed by atoms with van der Waals surface area (Å²) in [7, 11) is 0. The predicted molar refractivity (Wildman–Crippen MR) is 95.9 cm³/mol. The number of carboxylic acid groups (broad SMARTS) is 2. The Morgan fingerprint density at radius 3 is 1.96 bits per heavy atom. The molecule has 12 heteroatoms. The second kappa shape index (κ2) is 11.9. The van der Waals surface area contributed by atoms with Gasteiger partial charge in [0.15, 0.2) is 6.04 Å². The third kappa shape index (κ3) is 9.83. The number of amides is 3. The van der Waals surface area contributed by atoms with E-state index in [9.17, 15) is 29.1 Å². The fourth-order valence-corrected chi connectivity index (χ4v) is 2.18. The fourth-order valence-electron chi connectivity index (χ4n) is 2.18. The molecule has 0 saturated carbocycles. The first kappa shape index (κ1) is 25.3. The average Bonchev–Trinajstić information content (AvgIpc) is 2.55. The van der Waals surface area contributed by atoms with Crippen LogP contribution in [0.2, 0.25) is 0 Å². The van der Waals surface area contributed by atoms with E-state index in [0.29, 0.717) is 6.42 Å². The lowest BCUT2D eigenvalue weighted by Crippen LogP contribution is -2.55. The standard InChI is InChI=1S/C16H28N4O8/c1-7(2)4-9(17)14(25)19-10(5-12(23)24)15(26)18-6-11(22)20-13(8(3)21)16(27)28/h7-10,13,21H,4-6,17H2,1-3H3,(H,18,26)(H,19,25)(H,20,22)(H,23,24)(H,27,28). The van der Waals surface area contributed by atoms with Crippen LogP contribution in [0.3, 0.4) is 0 Å². The van der Waals surface area contributed by atoms with Crippen LogP contribution < -0.4 is 21.7 Å². The van der Waals surface area contributed by atoms with E-state index in [1.54, 1.807) is 0 Å². The minimum absolute atomic E-state index is 0.104. The van der Waals surface area contributed by atoms with Crippen molar-refractivity contribution in [3.63, 3.8) is 0 Å². The molecule has 0 aliphatic rings. The number of carbonyl (C=O) groups excluding carboxylic acids is 3. The Balaban J connectivity index is 4.85. The van der Waals surface area contributed by atoms with Gasteiger partial charge in [-0.05, 0) is 19.3 Å². The molecular weight excluding hydrogens is 376 g/mol. The van der Waals surface area contributed by atoms with Crippen molar-refractivity contribution in [1.29, 1.82) is 0 Å². The normalized spacial score (nSPS) is 15.1. The number of hydrogen-bond acceptors (Lipinski definition) is 7.